The van der Waals surface area contributed by atoms with Gasteiger partial charge in [-0.2, -0.15) is 13.2 Å². The molecule has 2 aliphatic rings. The zero-order chi connectivity index (χ0) is 16.0. The minimum Gasteiger partial charge on any atom is -0.490 e. The molecule has 0 heterocycles. The van der Waals surface area contributed by atoms with E-state index in [2.05, 4.69) is 0 Å². The van der Waals surface area contributed by atoms with E-state index in [1.165, 1.54) is 6.07 Å². The largest absolute Gasteiger partial charge is 0.490 e. The van der Waals surface area contributed by atoms with Crippen molar-refractivity contribution in [3.8, 4) is 5.75 Å². The number of hydrogen-bond acceptors (Lipinski definition) is 2. The van der Waals surface area contributed by atoms with Crippen molar-refractivity contribution in [2.75, 3.05) is 0 Å². The van der Waals surface area contributed by atoms with Crippen molar-refractivity contribution in [1.29, 1.82) is 0 Å². The van der Waals surface area contributed by atoms with Gasteiger partial charge in [0.15, 0.2) is 0 Å². The second kappa shape index (κ2) is 7.65. The molecule has 0 N–H and O–H groups in total. The highest BCUT2D eigenvalue weighted by atomic mass is 19.4. The van der Waals surface area contributed by atoms with Crippen LogP contribution in [-0.4, -0.2) is 11.9 Å². The van der Waals surface area contributed by atoms with Crippen molar-refractivity contribution in [2.45, 2.75) is 63.6 Å². The molecule has 0 aliphatic heterocycles. The fraction of sp³-hybridized carbons (Fsp3) is 0.588. The van der Waals surface area contributed by atoms with E-state index in [9.17, 15) is 18.0 Å². The fourth-order valence-electron chi connectivity index (χ4n) is 2.71. The van der Waals surface area contributed by atoms with Crippen molar-refractivity contribution in [2.24, 2.45) is 0 Å². The van der Waals surface area contributed by atoms with Gasteiger partial charge in [0.1, 0.15) is 11.5 Å². The summed E-state index contributed by atoms with van der Waals surface area (Å²) in [5.41, 5.74) is -0.650. The Balaban J connectivity index is 0.000000246. The molecule has 0 atom stereocenters. The molecule has 5 heteroatoms. The fourth-order valence-corrected chi connectivity index (χ4v) is 2.71. The Kier molecular flexibility index (Phi) is 5.86. The first kappa shape index (κ1) is 16.8. The summed E-state index contributed by atoms with van der Waals surface area (Å²) < 4.78 is 42.8. The molecule has 2 aliphatic carbocycles. The minimum absolute atomic E-state index is 0.0866. The van der Waals surface area contributed by atoms with Gasteiger partial charge in [0.25, 0.3) is 0 Å². The van der Waals surface area contributed by atoms with Crippen LogP contribution < -0.4 is 4.74 Å². The molecule has 0 amide bonds. The van der Waals surface area contributed by atoms with Crippen LogP contribution >= 0.6 is 0 Å². The van der Waals surface area contributed by atoms with Crippen molar-refractivity contribution < 1.29 is 22.7 Å². The molecule has 0 aromatic heterocycles. The summed E-state index contributed by atoms with van der Waals surface area (Å²) in [6.45, 7) is 0. The molecule has 2 nitrogen and oxygen atoms in total. The quantitative estimate of drug-likeness (QED) is 0.754. The van der Waals surface area contributed by atoms with Gasteiger partial charge >= 0.3 is 6.18 Å². The number of carbonyl (C=O) groups excluding carboxylic acids is 1. The van der Waals surface area contributed by atoms with Gasteiger partial charge in [-0.1, -0.05) is 6.07 Å². The number of Topliss-reactive ketones (excluding diaryl/α,β-unsaturated/α-hetero) is 1. The van der Waals surface area contributed by atoms with Gasteiger partial charge in [0.05, 0.1) is 11.7 Å². The summed E-state index contributed by atoms with van der Waals surface area (Å²) in [5.74, 6) is 0.775. The number of alkyl halides is 3. The van der Waals surface area contributed by atoms with Crippen LogP contribution in [0.15, 0.2) is 24.3 Å². The molecular formula is C17H21F3O2. The lowest BCUT2D eigenvalue weighted by molar-refractivity contribution is -0.137. The zero-order valence-corrected chi connectivity index (χ0v) is 12.5. The molecule has 0 spiro atoms. The first-order valence-electron chi connectivity index (χ1n) is 7.81. The molecule has 3 rings (SSSR count). The van der Waals surface area contributed by atoms with Crippen molar-refractivity contribution in [1.82, 2.24) is 0 Å². The van der Waals surface area contributed by atoms with E-state index in [-0.39, 0.29) is 6.10 Å². The molecule has 0 unspecified atom stereocenters. The Morgan fingerprint density at radius 2 is 1.64 bits per heavy atom. The summed E-state index contributed by atoms with van der Waals surface area (Å²) in [4.78, 5) is 10.2. The highest BCUT2D eigenvalue weighted by molar-refractivity contribution is 5.80. The molecule has 22 heavy (non-hydrogen) atoms. The van der Waals surface area contributed by atoms with Crippen LogP contribution in [0.5, 0.6) is 5.75 Å². The normalized spacial score (nSPS) is 19.0. The summed E-state index contributed by atoms with van der Waals surface area (Å²) in [6, 6.07) is 5.08. The summed E-state index contributed by atoms with van der Waals surface area (Å²) >= 11 is 0. The number of rotatable bonds is 2. The van der Waals surface area contributed by atoms with Crippen LogP contribution in [0.25, 0.3) is 0 Å². The maximum Gasteiger partial charge on any atom is 0.416 e. The number of hydrogen-bond donors (Lipinski definition) is 0. The van der Waals surface area contributed by atoms with Gasteiger partial charge in [-0.3, -0.25) is 4.79 Å². The average Bonchev–Trinajstić information content (AvgIpc) is 3.13. The predicted molar refractivity (Wildman–Crippen MR) is 77.8 cm³/mol. The van der Waals surface area contributed by atoms with E-state index in [4.69, 9.17) is 4.74 Å². The van der Waals surface area contributed by atoms with Gasteiger partial charge in [0, 0.05) is 12.8 Å². The van der Waals surface area contributed by atoms with Crippen molar-refractivity contribution in [3.63, 3.8) is 0 Å². The lowest BCUT2D eigenvalue weighted by atomic mass is 10.2. The van der Waals surface area contributed by atoms with E-state index in [0.717, 1.165) is 63.5 Å². The first-order valence-corrected chi connectivity index (χ1v) is 7.81. The highest BCUT2D eigenvalue weighted by Crippen LogP contribution is 2.32. The summed E-state index contributed by atoms with van der Waals surface area (Å²) in [7, 11) is 0. The molecule has 122 valence electrons. The monoisotopic (exact) mass is 314 g/mol. The molecule has 0 bridgehead atoms. The van der Waals surface area contributed by atoms with Crippen LogP contribution in [0, 0.1) is 0 Å². The maximum atomic E-state index is 12.4. The Labute approximate surface area is 128 Å². The van der Waals surface area contributed by atoms with Crippen LogP contribution in [0.1, 0.15) is 56.9 Å². The van der Waals surface area contributed by atoms with E-state index >= 15 is 0 Å². The van der Waals surface area contributed by atoms with Gasteiger partial charge in [-0.15, -0.1) is 0 Å². The number of benzene rings is 1. The average molecular weight is 314 g/mol. The van der Waals surface area contributed by atoms with Crippen LogP contribution in [0.3, 0.4) is 0 Å². The highest BCUT2D eigenvalue weighted by Gasteiger charge is 2.30. The molecule has 1 aromatic rings. The molecule has 1 aromatic carbocycles. The Morgan fingerprint density at radius 1 is 1.00 bits per heavy atom. The third-order valence-electron chi connectivity index (χ3n) is 3.93. The Hall–Kier alpha value is -1.52. The molecule has 0 radical (unpaired) electrons. The summed E-state index contributed by atoms with van der Waals surface area (Å²) in [5, 5.41) is 0. The van der Waals surface area contributed by atoms with Crippen molar-refractivity contribution in [3.05, 3.63) is 29.8 Å². The van der Waals surface area contributed by atoms with Crippen LogP contribution in [0.2, 0.25) is 0 Å². The number of ketones is 1. The Morgan fingerprint density at radius 3 is 2.14 bits per heavy atom. The van der Waals surface area contributed by atoms with Gasteiger partial charge in [0.2, 0.25) is 0 Å². The van der Waals surface area contributed by atoms with Crippen LogP contribution in [-0.2, 0) is 11.0 Å². The molecule has 0 saturated heterocycles. The second-order valence-corrected chi connectivity index (χ2v) is 5.80. The Bertz CT molecular complexity index is 483. The molecule has 2 saturated carbocycles. The topological polar surface area (TPSA) is 26.3 Å². The first-order chi connectivity index (χ1) is 10.4. The number of halogens is 3. The van der Waals surface area contributed by atoms with Crippen LogP contribution in [0.4, 0.5) is 13.2 Å². The second-order valence-electron chi connectivity index (χ2n) is 5.80. The third kappa shape index (κ3) is 5.35. The van der Waals surface area contributed by atoms with E-state index in [0.29, 0.717) is 11.5 Å². The standard InChI is InChI=1S/C12H13F3O.C5H8O/c13-12(14,15)9-4-3-7-11(8-9)16-10-5-1-2-6-10;6-5-3-1-2-4-5/h3-4,7-8,10H,1-2,5-6H2;1-4H2. The third-order valence-corrected chi connectivity index (χ3v) is 3.93. The molecule has 2 fully saturated rings. The maximum absolute atomic E-state index is 12.4. The van der Waals surface area contributed by atoms with Gasteiger partial charge in [-0.25, -0.2) is 0 Å². The van der Waals surface area contributed by atoms with E-state index in [1.807, 2.05) is 0 Å². The smallest absolute Gasteiger partial charge is 0.416 e. The lowest BCUT2D eigenvalue weighted by Gasteiger charge is -2.14. The van der Waals surface area contributed by atoms with E-state index < -0.39 is 11.7 Å². The lowest BCUT2D eigenvalue weighted by Crippen LogP contribution is -2.12. The van der Waals surface area contributed by atoms with Gasteiger partial charge in [-0.05, 0) is 56.7 Å². The number of ether oxygens (including phenoxy) is 1. The summed E-state index contributed by atoms with van der Waals surface area (Å²) in [6.07, 6.45) is 3.84. The minimum atomic E-state index is -4.30. The predicted octanol–water partition coefficient (Wildman–Crippen LogP) is 5.16. The van der Waals surface area contributed by atoms with Gasteiger partial charge < -0.3 is 4.74 Å². The zero-order valence-electron chi connectivity index (χ0n) is 12.5. The number of carbonyl (C=O) groups is 1. The van der Waals surface area contributed by atoms with E-state index in [1.54, 1.807) is 6.07 Å². The van der Waals surface area contributed by atoms with Crippen molar-refractivity contribution >= 4 is 5.78 Å². The molecular weight excluding hydrogens is 293 g/mol. The SMILES string of the molecule is FC(F)(F)c1cccc(OC2CCCC2)c1.O=C1CCCC1.